The van der Waals surface area contributed by atoms with E-state index in [4.69, 9.17) is 11.6 Å². The van der Waals surface area contributed by atoms with E-state index in [9.17, 15) is 14.7 Å². The number of phenols is 1. The molecule has 0 aliphatic carbocycles. The maximum Gasteiger partial charge on any atom is 0.330 e. The molecule has 4 aromatic rings. The molecule has 0 fully saturated rings. The number of nitrogens with zero attached hydrogens (tertiary/aromatic N) is 1. The Bertz CT molecular complexity index is 1280. The third kappa shape index (κ3) is 4.26. The highest BCUT2D eigenvalue weighted by atomic mass is 35.5. The summed E-state index contributed by atoms with van der Waals surface area (Å²) in [7, 11) is 0. The number of nitrogens with one attached hydrogen (secondary N) is 1. The SMILES string of the molecule is O=C(C=Cc1ccc(Cl)cc1)c1cccc(-n2cc(-c3ccc(O)cc3)[nH]c2=O)c1. The van der Waals surface area contributed by atoms with E-state index in [1.165, 1.54) is 10.6 Å². The maximum absolute atomic E-state index is 12.6. The minimum Gasteiger partial charge on any atom is -0.508 e. The van der Waals surface area contributed by atoms with Gasteiger partial charge in [-0.1, -0.05) is 41.9 Å². The van der Waals surface area contributed by atoms with Crippen molar-refractivity contribution in [1.29, 1.82) is 0 Å². The predicted molar refractivity (Wildman–Crippen MR) is 118 cm³/mol. The predicted octanol–water partition coefficient (Wildman–Crippen LogP) is 5.09. The van der Waals surface area contributed by atoms with Crippen LogP contribution < -0.4 is 5.69 Å². The summed E-state index contributed by atoms with van der Waals surface area (Å²) >= 11 is 5.87. The van der Waals surface area contributed by atoms with Gasteiger partial charge >= 0.3 is 5.69 Å². The summed E-state index contributed by atoms with van der Waals surface area (Å²) < 4.78 is 1.45. The topological polar surface area (TPSA) is 75.1 Å². The van der Waals surface area contributed by atoms with Gasteiger partial charge in [0.1, 0.15) is 5.75 Å². The fraction of sp³-hybridized carbons (Fsp3) is 0. The van der Waals surface area contributed by atoms with Gasteiger partial charge in [0, 0.05) is 16.8 Å². The number of carbonyl (C=O) groups excluding carboxylic acids is 1. The number of rotatable bonds is 5. The lowest BCUT2D eigenvalue weighted by Gasteiger charge is -2.03. The number of hydrogen-bond donors (Lipinski definition) is 2. The van der Waals surface area contributed by atoms with Crippen LogP contribution >= 0.6 is 11.6 Å². The van der Waals surface area contributed by atoms with Crippen LogP contribution in [0.2, 0.25) is 5.02 Å². The Kier molecular flexibility index (Phi) is 5.37. The lowest BCUT2D eigenvalue weighted by Crippen LogP contribution is -2.14. The van der Waals surface area contributed by atoms with Gasteiger partial charge in [-0.3, -0.25) is 9.36 Å². The summed E-state index contributed by atoms with van der Waals surface area (Å²) in [5.41, 5.74) is 2.97. The molecule has 2 N–H and O–H groups in total. The van der Waals surface area contributed by atoms with Gasteiger partial charge in [0.05, 0.1) is 11.4 Å². The number of H-pyrrole nitrogens is 1. The van der Waals surface area contributed by atoms with E-state index in [0.717, 1.165) is 11.1 Å². The molecule has 4 rings (SSSR count). The van der Waals surface area contributed by atoms with E-state index in [-0.39, 0.29) is 17.2 Å². The number of imidazole rings is 1. The summed E-state index contributed by atoms with van der Waals surface area (Å²) in [4.78, 5) is 27.8. The van der Waals surface area contributed by atoms with Crippen LogP contribution in [0.15, 0.2) is 89.9 Å². The van der Waals surface area contributed by atoms with Gasteiger partial charge in [-0.25, -0.2) is 4.79 Å². The van der Waals surface area contributed by atoms with E-state index in [1.54, 1.807) is 72.9 Å². The Morgan fingerprint density at radius 3 is 2.47 bits per heavy atom. The zero-order valence-corrected chi connectivity index (χ0v) is 16.5. The van der Waals surface area contributed by atoms with Crippen molar-refractivity contribution in [3.63, 3.8) is 0 Å². The minimum absolute atomic E-state index is 0.151. The average Bonchev–Trinajstić information content (AvgIpc) is 3.15. The zero-order chi connectivity index (χ0) is 21.1. The standard InChI is InChI=1S/C24H17ClN2O3/c25-19-9-4-16(5-10-19)6-13-23(29)18-2-1-3-20(14-18)27-15-22(26-24(27)30)17-7-11-21(28)12-8-17/h1-15,28H,(H,26,30). The first kappa shape index (κ1) is 19.5. The lowest BCUT2D eigenvalue weighted by molar-refractivity contribution is 0.104. The quantitative estimate of drug-likeness (QED) is 0.351. The molecule has 1 heterocycles. The Morgan fingerprint density at radius 1 is 1.00 bits per heavy atom. The van der Waals surface area contributed by atoms with Crippen molar-refractivity contribution in [1.82, 2.24) is 9.55 Å². The molecule has 0 radical (unpaired) electrons. The van der Waals surface area contributed by atoms with Crippen molar-refractivity contribution < 1.29 is 9.90 Å². The van der Waals surface area contributed by atoms with Gasteiger partial charge in [0.25, 0.3) is 0 Å². The molecule has 0 atom stereocenters. The third-order valence-corrected chi connectivity index (χ3v) is 4.85. The lowest BCUT2D eigenvalue weighted by atomic mass is 10.1. The molecule has 0 unspecified atom stereocenters. The van der Waals surface area contributed by atoms with Crippen molar-refractivity contribution in [2.45, 2.75) is 0 Å². The molecule has 0 amide bonds. The Labute approximate surface area is 177 Å². The van der Waals surface area contributed by atoms with Gasteiger partial charge in [0.15, 0.2) is 5.78 Å². The fourth-order valence-electron chi connectivity index (χ4n) is 3.03. The second-order valence-corrected chi connectivity index (χ2v) is 7.13. The average molecular weight is 417 g/mol. The van der Waals surface area contributed by atoms with Crippen molar-refractivity contribution in [2.24, 2.45) is 0 Å². The van der Waals surface area contributed by atoms with Gasteiger partial charge in [-0.05, 0) is 65.7 Å². The van der Waals surface area contributed by atoms with E-state index in [0.29, 0.717) is 22.0 Å². The molecule has 0 spiro atoms. The van der Waals surface area contributed by atoms with Crippen LogP contribution in [0.4, 0.5) is 0 Å². The molecule has 30 heavy (non-hydrogen) atoms. The highest BCUT2D eigenvalue weighted by Gasteiger charge is 2.09. The molecule has 0 aliphatic heterocycles. The largest absolute Gasteiger partial charge is 0.508 e. The Morgan fingerprint density at radius 2 is 1.73 bits per heavy atom. The molecule has 0 aliphatic rings. The number of phenolic OH excluding ortho intramolecular Hbond substituents is 1. The number of halogens is 1. The number of aromatic hydroxyl groups is 1. The zero-order valence-electron chi connectivity index (χ0n) is 15.7. The van der Waals surface area contributed by atoms with Crippen LogP contribution in [0, 0.1) is 0 Å². The summed E-state index contributed by atoms with van der Waals surface area (Å²) in [5.74, 6) is -0.0208. The molecular formula is C24H17ClN2O3. The summed E-state index contributed by atoms with van der Waals surface area (Å²) in [6.45, 7) is 0. The first-order chi connectivity index (χ1) is 14.5. The van der Waals surface area contributed by atoms with Crippen molar-refractivity contribution in [3.05, 3.63) is 112 Å². The minimum atomic E-state index is -0.320. The van der Waals surface area contributed by atoms with Crippen molar-refractivity contribution in [3.8, 4) is 22.7 Å². The molecule has 5 nitrogen and oxygen atoms in total. The number of carbonyl (C=O) groups is 1. The molecular weight excluding hydrogens is 400 g/mol. The molecule has 3 aromatic carbocycles. The normalized spacial score (nSPS) is 11.1. The number of hydrogen-bond acceptors (Lipinski definition) is 3. The van der Waals surface area contributed by atoms with E-state index in [2.05, 4.69) is 4.98 Å². The molecule has 148 valence electrons. The smallest absolute Gasteiger partial charge is 0.330 e. The van der Waals surface area contributed by atoms with Crippen LogP contribution in [0.25, 0.3) is 23.0 Å². The van der Waals surface area contributed by atoms with Gasteiger partial charge in [-0.15, -0.1) is 0 Å². The number of aromatic nitrogens is 2. The number of aromatic amines is 1. The summed E-state index contributed by atoms with van der Waals surface area (Å²) in [6, 6.07) is 20.6. The first-order valence-electron chi connectivity index (χ1n) is 9.19. The monoisotopic (exact) mass is 416 g/mol. The molecule has 1 aromatic heterocycles. The molecule has 0 bridgehead atoms. The fourth-order valence-corrected chi connectivity index (χ4v) is 3.15. The summed E-state index contributed by atoms with van der Waals surface area (Å²) in [6.07, 6.45) is 4.88. The number of ketones is 1. The maximum atomic E-state index is 12.6. The molecule has 0 saturated carbocycles. The highest BCUT2D eigenvalue weighted by molar-refractivity contribution is 6.30. The second-order valence-electron chi connectivity index (χ2n) is 6.69. The van der Waals surface area contributed by atoms with Crippen LogP contribution in [-0.4, -0.2) is 20.4 Å². The van der Waals surface area contributed by atoms with Crippen LogP contribution in [-0.2, 0) is 0 Å². The van der Waals surface area contributed by atoms with Gasteiger partial charge in [0.2, 0.25) is 0 Å². The Balaban J connectivity index is 1.60. The van der Waals surface area contributed by atoms with E-state index < -0.39 is 0 Å². The Hall–Kier alpha value is -3.83. The van der Waals surface area contributed by atoms with Crippen molar-refractivity contribution >= 4 is 23.5 Å². The number of benzene rings is 3. The van der Waals surface area contributed by atoms with Gasteiger partial charge in [-0.2, -0.15) is 0 Å². The number of allylic oxidation sites excluding steroid dienone is 1. The third-order valence-electron chi connectivity index (χ3n) is 4.60. The van der Waals surface area contributed by atoms with Crippen molar-refractivity contribution in [2.75, 3.05) is 0 Å². The molecule has 6 heteroatoms. The summed E-state index contributed by atoms with van der Waals surface area (Å²) in [5, 5.41) is 10.1. The van der Waals surface area contributed by atoms with Gasteiger partial charge < -0.3 is 10.1 Å². The van der Waals surface area contributed by atoms with E-state index >= 15 is 0 Å². The van der Waals surface area contributed by atoms with E-state index in [1.807, 2.05) is 12.1 Å². The van der Waals surface area contributed by atoms with Crippen LogP contribution in [0.3, 0.4) is 0 Å². The van der Waals surface area contributed by atoms with Crippen LogP contribution in [0.5, 0.6) is 5.75 Å². The highest BCUT2D eigenvalue weighted by Crippen LogP contribution is 2.20. The first-order valence-corrected chi connectivity index (χ1v) is 9.57. The van der Waals surface area contributed by atoms with Crippen LogP contribution in [0.1, 0.15) is 15.9 Å². The molecule has 0 saturated heterocycles. The second kappa shape index (κ2) is 8.27.